The van der Waals surface area contributed by atoms with Gasteiger partial charge in [-0.25, -0.2) is 0 Å². The fourth-order valence-electron chi connectivity index (χ4n) is 5.73. The summed E-state index contributed by atoms with van der Waals surface area (Å²) in [5, 5.41) is 10.9. The van der Waals surface area contributed by atoms with Crippen LogP contribution in [0.1, 0.15) is 77.0 Å². The SMILES string of the molecule is NCC([C@@H]1CCC2CCCCC2C1)[C@@H](O)C1CCCCC1. The molecule has 3 N–H and O–H groups in total. The third kappa shape index (κ3) is 3.64. The summed E-state index contributed by atoms with van der Waals surface area (Å²) in [6, 6.07) is 0. The number of fused-ring (bicyclic) bond motifs is 1. The Morgan fingerprint density at radius 1 is 0.762 bits per heavy atom. The van der Waals surface area contributed by atoms with E-state index < -0.39 is 0 Å². The third-order valence-electron chi connectivity index (χ3n) is 7.03. The molecule has 0 aliphatic heterocycles. The van der Waals surface area contributed by atoms with Crippen molar-refractivity contribution in [2.75, 3.05) is 6.54 Å². The van der Waals surface area contributed by atoms with Gasteiger partial charge >= 0.3 is 0 Å². The molecule has 0 aromatic rings. The van der Waals surface area contributed by atoms with Crippen molar-refractivity contribution >= 4 is 0 Å². The van der Waals surface area contributed by atoms with E-state index in [2.05, 4.69) is 0 Å². The zero-order valence-corrected chi connectivity index (χ0v) is 13.7. The highest BCUT2D eigenvalue weighted by Gasteiger charge is 2.39. The van der Waals surface area contributed by atoms with E-state index in [1.165, 1.54) is 77.0 Å². The molecule has 0 bridgehead atoms. The van der Waals surface area contributed by atoms with Gasteiger partial charge in [-0.2, -0.15) is 0 Å². The number of hydrogen-bond donors (Lipinski definition) is 2. The summed E-state index contributed by atoms with van der Waals surface area (Å²) in [6.45, 7) is 0.694. The van der Waals surface area contributed by atoms with E-state index >= 15 is 0 Å². The van der Waals surface area contributed by atoms with Crippen molar-refractivity contribution < 1.29 is 5.11 Å². The molecular formula is C19H35NO. The van der Waals surface area contributed by atoms with Gasteiger partial charge in [0.2, 0.25) is 0 Å². The molecule has 3 saturated carbocycles. The zero-order valence-electron chi connectivity index (χ0n) is 13.7. The minimum absolute atomic E-state index is 0.125. The number of aliphatic hydroxyl groups is 1. The first-order valence-corrected chi connectivity index (χ1v) is 9.67. The second-order valence-electron chi connectivity index (χ2n) is 8.17. The fourth-order valence-corrected chi connectivity index (χ4v) is 5.73. The smallest absolute Gasteiger partial charge is 0.0611 e. The molecule has 0 aromatic carbocycles. The molecule has 122 valence electrons. The van der Waals surface area contributed by atoms with E-state index in [4.69, 9.17) is 5.73 Å². The monoisotopic (exact) mass is 293 g/mol. The molecule has 0 aromatic heterocycles. The quantitative estimate of drug-likeness (QED) is 0.819. The standard InChI is InChI=1S/C19H35NO/c20-13-18(19(21)15-7-2-1-3-8-15)17-11-10-14-6-4-5-9-16(14)12-17/h14-19,21H,1-13,20H2/t14?,16?,17-,18?,19+/m1/s1. The van der Waals surface area contributed by atoms with Crippen LogP contribution in [-0.2, 0) is 0 Å². The number of hydrogen-bond acceptors (Lipinski definition) is 2. The second-order valence-corrected chi connectivity index (χ2v) is 8.17. The van der Waals surface area contributed by atoms with Crippen LogP contribution in [-0.4, -0.2) is 17.8 Å². The molecule has 0 heterocycles. The van der Waals surface area contributed by atoms with Gasteiger partial charge < -0.3 is 10.8 Å². The van der Waals surface area contributed by atoms with Crippen molar-refractivity contribution in [3.63, 3.8) is 0 Å². The van der Waals surface area contributed by atoms with E-state index in [0.29, 0.717) is 24.3 Å². The van der Waals surface area contributed by atoms with Crippen molar-refractivity contribution in [1.29, 1.82) is 0 Å². The van der Waals surface area contributed by atoms with E-state index in [0.717, 1.165) is 11.8 Å². The second kappa shape index (κ2) is 7.46. The summed E-state index contributed by atoms with van der Waals surface area (Å²) < 4.78 is 0. The summed E-state index contributed by atoms with van der Waals surface area (Å²) in [5.74, 6) is 3.56. The largest absolute Gasteiger partial charge is 0.392 e. The summed E-state index contributed by atoms with van der Waals surface area (Å²) in [7, 11) is 0. The van der Waals surface area contributed by atoms with E-state index in [9.17, 15) is 5.11 Å². The Kier molecular flexibility index (Phi) is 5.61. The highest BCUT2D eigenvalue weighted by atomic mass is 16.3. The molecule has 3 rings (SSSR count). The molecule has 0 saturated heterocycles. The maximum absolute atomic E-state index is 10.9. The molecule has 0 radical (unpaired) electrons. The van der Waals surface area contributed by atoms with Crippen molar-refractivity contribution in [1.82, 2.24) is 0 Å². The Labute approximate surface area is 130 Å². The number of rotatable bonds is 4. The Hall–Kier alpha value is -0.0800. The summed E-state index contributed by atoms with van der Waals surface area (Å²) >= 11 is 0. The first-order chi connectivity index (χ1) is 10.3. The van der Waals surface area contributed by atoms with Gasteiger partial charge in [0.25, 0.3) is 0 Å². The highest BCUT2D eigenvalue weighted by molar-refractivity contribution is 4.90. The van der Waals surface area contributed by atoms with Crippen molar-refractivity contribution in [2.45, 2.75) is 83.2 Å². The minimum Gasteiger partial charge on any atom is -0.392 e. The van der Waals surface area contributed by atoms with E-state index in [-0.39, 0.29) is 6.10 Å². The fraction of sp³-hybridized carbons (Fsp3) is 1.00. The van der Waals surface area contributed by atoms with Gasteiger partial charge in [0.1, 0.15) is 0 Å². The lowest BCUT2D eigenvalue weighted by atomic mass is 9.63. The normalized spacial score (nSPS) is 37.7. The summed E-state index contributed by atoms with van der Waals surface area (Å²) in [5.41, 5.74) is 6.12. The van der Waals surface area contributed by atoms with E-state index in [1.54, 1.807) is 0 Å². The molecular weight excluding hydrogens is 258 g/mol. The van der Waals surface area contributed by atoms with Crippen LogP contribution in [0.2, 0.25) is 0 Å². The molecule has 21 heavy (non-hydrogen) atoms. The lowest BCUT2D eigenvalue weighted by Crippen LogP contribution is -2.42. The van der Waals surface area contributed by atoms with Crippen molar-refractivity contribution in [3.8, 4) is 0 Å². The third-order valence-corrected chi connectivity index (χ3v) is 7.03. The van der Waals surface area contributed by atoms with Crippen LogP contribution in [0.25, 0.3) is 0 Å². The molecule has 0 spiro atoms. The van der Waals surface area contributed by atoms with Crippen LogP contribution in [0.15, 0.2) is 0 Å². The van der Waals surface area contributed by atoms with Crippen LogP contribution in [0.4, 0.5) is 0 Å². The van der Waals surface area contributed by atoms with Crippen LogP contribution in [0.5, 0.6) is 0 Å². The summed E-state index contributed by atoms with van der Waals surface area (Å²) in [6.07, 6.45) is 16.2. The lowest BCUT2D eigenvalue weighted by molar-refractivity contribution is -0.0118. The molecule has 5 atom stereocenters. The molecule has 3 aliphatic carbocycles. The number of nitrogens with two attached hydrogens (primary N) is 1. The van der Waals surface area contributed by atoms with Crippen LogP contribution < -0.4 is 5.73 Å². The number of aliphatic hydroxyl groups excluding tert-OH is 1. The Balaban J connectivity index is 1.59. The zero-order chi connectivity index (χ0) is 14.7. The van der Waals surface area contributed by atoms with Crippen LogP contribution in [0.3, 0.4) is 0 Å². The Bertz CT molecular complexity index is 313. The van der Waals surface area contributed by atoms with Crippen molar-refractivity contribution in [3.05, 3.63) is 0 Å². The van der Waals surface area contributed by atoms with Gasteiger partial charge in [0, 0.05) is 5.92 Å². The van der Waals surface area contributed by atoms with Crippen molar-refractivity contribution in [2.24, 2.45) is 35.3 Å². The maximum atomic E-state index is 10.9. The average Bonchev–Trinajstić information content (AvgIpc) is 2.56. The predicted octanol–water partition coefficient (Wildman–Crippen LogP) is 4.11. The van der Waals surface area contributed by atoms with Gasteiger partial charge in [-0.3, -0.25) is 0 Å². The van der Waals surface area contributed by atoms with Crippen LogP contribution >= 0.6 is 0 Å². The minimum atomic E-state index is -0.125. The maximum Gasteiger partial charge on any atom is 0.0611 e. The topological polar surface area (TPSA) is 46.2 Å². The van der Waals surface area contributed by atoms with Gasteiger partial charge in [-0.15, -0.1) is 0 Å². The Morgan fingerprint density at radius 2 is 1.43 bits per heavy atom. The molecule has 2 nitrogen and oxygen atoms in total. The highest BCUT2D eigenvalue weighted by Crippen LogP contribution is 2.46. The predicted molar refractivity (Wildman–Crippen MR) is 87.9 cm³/mol. The molecule has 3 unspecified atom stereocenters. The molecule has 2 heteroatoms. The van der Waals surface area contributed by atoms with E-state index in [1.807, 2.05) is 0 Å². The first-order valence-electron chi connectivity index (χ1n) is 9.67. The summed E-state index contributed by atoms with van der Waals surface area (Å²) in [4.78, 5) is 0. The molecule has 3 aliphatic rings. The van der Waals surface area contributed by atoms with Gasteiger partial charge in [-0.1, -0.05) is 44.9 Å². The molecule has 3 fully saturated rings. The molecule has 0 amide bonds. The van der Waals surface area contributed by atoms with Crippen LogP contribution in [0, 0.1) is 29.6 Å². The lowest BCUT2D eigenvalue weighted by Gasteiger charge is -2.44. The van der Waals surface area contributed by atoms with Gasteiger partial charge in [-0.05, 0) is 62.3 Å². The van der Waals surface area contributed by atoms with Gasteiger partial charge in [0.05, 0.1) is 6.10 Å². The first kappa shape index (κ1) is 15.8. The Morgan fingerprint density at radius 3 is 2.14 bits per heavy atom. The van der Waals surface area contributed by atoms with Gasteiger partial charge in [0.15, 0.2) is 0 Å². The average molecular weight is 293 g/mol.